The molecule has 176 valence electrons. The first-order valence-corrected chi connectivity index (χ1v) is 11.3. The zero-order chi connectivity index (χ0) is 24.0. The lowest BCUT2D eigenvalue weighted by atomic mass is 10.1. The third-order valence-electron chi connectivity index (χ3n) is 6.71. The number of pyridine rings is 1. The van der Waals surface area contributed by atoms with Crippen LogP contribution in [-0.4, -0.2) is 44.6 Å². The first-order chi connectivity index (χ1) is 16.3. The summed E-state index contributed by atoms with van der Waals surface area (Å²) < 4.78 is 29.6. The van der Waals surface area contributed by atoms with Crippen LogP contribution in [0.2, 0.25) is 0 Å². The predicted octanol–water partition coefficient (Wildman–Crippen LogP) is 4.12. The monoisotopic (exact) mass is 466 g/mol. The molecule has 1 aromatic carbocycles. The number of alkyl halides is 2. The van der Waals surface area contributed by atoms with Crippen molar-refractivity contribution in [2.45, 2.75) is 44.6 Å². The molecule has 0 spiro atoms. The Hall–Kier alpha value is -3.74. The van der Waals surface area contributed by atoms with E-state index in [0.717, 1.165) is 31.5 Å². The molecule has 2 atom stereocenters. The van der Waals surface area contributed by atoms with Gasteiger partial charge in [-0.2, -0.15) is 10.4 Å². The number of benzene rings is 1. The van der Waals surface area contributed by atoms with Crippen LogP contribution in [0.1, 0.15) is 47.6 Å². The Morgan fingerprint density at radius 3 is 2.74 bits per heavy atom. The number of anilines is 2. The summed E-state index contributed by atoms with van der Waals surface area (Å²) in [6.45, 7) is 3.36. The summed E-state index contributed by atoms with van der Waals surface area (Å²) in [4.78, 5) is 29.9. The molecule has 0 radical (unpaired) electrons. The molecule has 1 saturated carbocycles. The van der Waals surface area contributed by atoms with Crippen molar-refractivity contribution in [1.82, 2.24) is 19.7 Å². The van der Waals surface area contributed by atoms with Gasteiger partial charge < -0.3 is 15.2 Å². The van der Waals surface area contributed by atoms with Crippen molar-refractivity contribution < 1.29 is 13.6 Å². The molecule has 2 N–H and O–H groups in total. The van der Waals surface area contributed by atoms with E-state index in [1.807, 2.05) is 17.9 Å². The van der Waals surface area contributed by atoms with Crippen molar-refractivity contribution in [3.63, 3.8) is 0 Å². The van der Waals surface area contributed by atoms with Gasteiger partial charge in [0.25, 0.3) is 17.4 Å². The zero-order valence-electron chi connectivity index (χ0n) is 18.6. The summed E-state index contributed by atoms with van der Waals surface area (Å²) in [7, 11) is 0. The SMILES string of the molecule is Cc1cc(Nc2nn([C@H]3CC(F)(F)CC3C#N)c3cc[nH]c(=O)c23)ccc1C(=O)N1CCCC1. The van der Waals surface area contributed by atoms with Crippen LogP contribution >= 0.6 is 0 Å². The molecule has 2 fully saturated rings. The van der Waals surface area contributed by atoms with Crippen molar-refractivity contribution in [3.05, 3.63) is 51.9 Å². The number of aromatic nitrogens is 3. The molecule has 2 aromatic heterocycles. The highest BCUT2D eigenvalue weighted by atomic mass is 19.3. The summed E-state index contributed by atoms with van der Waals surface area (Å²) in [6, 6.07) is 8.00. The highest BCUT2D eigenvalue weighted by molar-refractivity contribution is 5.97. The van der Waals surface area contributed by atoms with Crippen molar-refractivity contribution in [1.29, 1.82) is 5.26 Å². The van der Waals surface area contributed by atoms with Gasteiger partial charge in [0.2, 0.25) is 0 Å². The molecule has 2 aliphatic rings. The third-order valence-corrected chi connectivity index (χ3v) is 6.71. The maximum absolute atomic E-state index is 14.1. The fourth-order valence-corrected chi connectivity index (χ4v) is 5.03. The molecule has 3 heterocycles. The lowest BCUT2D eigenvalue weighted by molar-refractivity contribution is 0.00391. The van der Waals surface area contributed by atoms with E-state index >= 15 is 0 Å². The van der Waals surface area contributed by atoms with Crippen LogP contribution in [-0.2, 0) is 0 Å². The van der Waals surface area contributed by atoms with E-state index in [4.69, 9.17) is 0 Å². The van der Waals surface area contributed by atoms with Crippen LogP contribution in [0.4, 0.5) is 20.3 Å². The largest absolute Gasteiger partial charge is 0.339 e. The molecule has 1 saturated heterocycles. The Labute approximate surface area is 194 Å². The van der Waals surface area contributed by atoms with Gasteiger partial charge in [-0.3, -0.25) is 14.3 Å². The molecule has 1 aliphatic heterocycles. The van der Waals surface area contributed by atoms with Gasteiger partial charge in [0.15, 0.2) is 5.82 Å². The molecule has 10 heteroatoms. The van der Waals surface area contributed by atoms with Crippen LogP contribution in [0.5, 0.6) is 0 Å². The number of aromatic amines is 1. The molecule has 3 aromatic rings. The fourth-order valence-electron chi connectivity index (χ4n) is 5.03. The quantitative estimate of drug-likeness (QED) is 0.602. The second kappa shape index (κ2) is 8.24. The first-order valence-electron chi connectivity index (χ1n) is 11.3. The number of likely N-dealkylation sites (tertiary alicyclic amines) is 1. The second-order valence-electron chi connectivity index (χ2n) is 9.08. The number of nitrogens with zero attached hydrogens (tertiary/aromatic N) is 4. The number of nitriles is 1. The average Bonchev–Trinajstić information content (AvgIpc) is 3.51. The van der Waals surface area contributed by atoms with E-state index < -0.39 is 36.3 Å². The average molecular weight is 466 g/mol. The lowest BCUT2D eigenvalue weighted by Gasteiger charge is -2.17. The van der Waals surface area contributed by atoms with E-state index in [0.29, 0.717) is 16.8 Å². The van der Waals surface area contributed by atoms with Crippen LogP contribution in [0, 0.1) is 24.2 Å². The Morgan fingerprint density at radius 2 is 2.03 bits per heavy atom. The van der Waals surface area contributed by atoms with Crippen LogP contribution in [0.3, 0.4) is 0 Å². The summed E-state index contributed by atoms with van der Waals surface area (Å²) in [5.41, 5.74) is 1.97. The molecular weight excluding hydrogens is 442 g/mol. The van der Waals surface area contributed by atoms with Gasteiger partial charge in [-0.15, -0.1) is 0 Å². The van der Waals surface area contributed by atoms with E-state index in [1.54, 1.807) is 24.3 Å². The number of carbonyl (C=O) groups is 1. The van der Waals surface area contributed by atoms with Crippen molar-refractivity contribution in [3.8, 4) is 6.07 Å². The number of aryl methyl sites for hydroxylation is 1. The number of H-pyrrole nitrogens is 1. The van der Waals surface area contributed by atoms with E-state index in [1.165, 1.54) is 10.9 Å². The number of carbonyl (C=O) groups excluding carboxylic acids is 1. The Bertz CT molecular complexity index is 1370. The Kier molecular flexibility index (Phi) is 5.35. The topological polar surface area (TPSA) is 107 Å². The number of fused-ring (bicyclic) bond motifs is 1. The smallest absolute Gasteiger partial charge is 0.261 e. The summed E-state index contributed by atoms with van der Waals surface area (Å²) in [5.74, 6) is -3.67. The van der Waals surface area contributed by atoms with Crippen molar-refractivity contribution >= 4 is 28.3 Å². The van der Waals surface area contributed by atoms with Crippen LogP contribution < -0.4 is 10.9 Å². The molecule has 8 nitrogen and oxygen atoms in total. The highest BCUT2D eigenvalue weighted by Gasteiger charge is 2.48. The molecule has 1 amide bonds. The minimum absolute atomic E-state index is 0.00238. The van der Waals surface area contributed by atoms with Crippen LogP contribution in [0.15, 0.2) is 35.3 Å². The number of hydrogen-bond acceptors (Lipinski definition) is 5. The van der Waals surface area contributed by atoms with Gasteiger partial charge in [0, 0.05) is 43.4 Å². The summed E-state index contributed by atoms with van der Waals surface area (Å²) in [6.07, 6.45) is 2.40. The standard InChI is InChI=1S/C24H24F2N6O2/c1-14-10-16(4-5-17(14)23(34)31-8-2-3-9-31)29-21-20-18(6-7-28-22(20)33)32(30-21)19-12-24(25,26)11-15(19)13-27/h4-7,10,15,19H,2-3,8-9,11-12H2,1H3,(H,28,33)(H,29,30)/t15?,19-/m0/s1. The molecule has 1 aliphatic carbocycles. The maximum Gasteiger partial charge on any atom is 0.261 e. The molecule has 5 rings (SSSR count). The molecule has 34 heavy (non-hydrogen) atoms. The summed E-state index contributed by atoms with van der Waals surface area (Å²) >= 11 is 0. The van der Waals surface area contributed by atoms with Crippen LogP contribution in [0.25, 0.3) is 10.9 Å². The normalized spacial score (nSPS) is 21.6. The van der Waals surface area contributed by atoms with Gasteiger partial charge in [0.05, 0.1) is 23.5 Å². The molecule has 0 bridgehead atoms. The minimum Gasteiger partial charge on any atom is -0.339 e. The van der Waals surface area contributed by atoms with Crippen molar-refractivity contribution in [2.24, 2.45) is 5.92 Å². The van der Waals surface area contributed by atoms with Gasteiger partial charge in [-0.1, -0.05) is 0 Å². The number of hydrogen-bond donors (Lipinski definition) is 2. The summed E-state index contributed by atoms with van der Waals surface area (Å²) in [5, 5.41) is 17.2. The predicted molar refractivity (Wildman–Crippen MR) is 122 cm³/mol. The minimum atomic E-state index is -2.97. The van der Waals surface area contributed by atoms with E-state index in [9.17, 15) is 23.6 Å². The first kappa shape index (κ1) is 22.1. The van der Waals surface area contributed by atoms with Gasteiger partial charge in [0.1, 0.15) is 5.39 Å². The zero-order valence-corrected chi connectivity index (χ0v) is 18.6. The Morgan fingerprint density at radius 1 is 1.26 bits per heavy atom. The molecular formula is C24H24F2N6O2. The van der Waals surface area contributed by atoms with Gasteiger partial charge in [-0.05, 0) is 49.6 Å². The molecule has 1 unspecified atom stereocenters. The van der Waals surface area contributed by atoms with Gasteiger partial charge >= 0.3 is 0 Å². The number of amides is 1. The third kappa shape index (κ3) is 3.81. The highest BCUT2D eigenvalue weighted by Crippen LogP contribution is 2.46. The lowest BCUT2D eigenvalue weighted by Crippen LogP contribution is -2.28. The van der Waals surface area contributed by atoms with E-state index in [-0.39, 0.29) is 17.1 Å². The number of rotatable bonds is 4. The Balaban J connectivity index is 1.50. The van der Waals surface area contributed by atoms with Gasteiger partial charge in [-0.25, -0.2) is 8.78 Å². The number of halogens is 2. The van der Waals surface area contributed by atoms with Crippen molar-refractivity contribution in [2.75, 3.05) is 18.4 Å². The fraction of sp³-hybridized carbons (Fsp3) is 0.417. The second-order valence-corrected chi connectivity index (χ2v) is 9.08. The van der Waals surface area contributed by atoms with E-state index in [2.05, 4.69) is 15.4 Å². The maximum atomic E-state index is 14.1. The number of nitrogens with one attached hydrogen (secondary N) is 2.